The number of amides is 1. The molecule has 0 spiro atoms. The van der Waals surface area contributed by atoms with Gasteiger partial charge in [-0.05, 0) is 43.3 Å². The highest BCUT2D eigenvalue weighted by Gasteiger charge is 2.12. The Morgan fingerprint density at radius 3 is 2.52 bits per heavy atom. The molecule has 0 fully saturated rings. The lowest BCUT2D eigenvalue weighted by Crippen LogP contribution is -2.22. The van der Waals surface area contributed by atoms with E-state index in [2.05, 4.69) is 27.2 Å². The maximum atomic E-state index is 12.6. The lowest BCUT2D eigenvalue weighted by atomic mass is 10.2. The summed E-state index contributed by atoms with van der Waals surface area (Å²) in [6, 6.07) is 15.9. The second-order valence-electron chi connectivity index (χ2n) is 5.81. The van der Waals surface area contributed by atoms with Crippen LogP contribution in [-0.4, -0.2) is 22.2 Å². The number of carbonyl (C=O) groups is 1. The molecule has 1 aromatic heterocycles. The predicted molar refractivity (Wildman–Crippen MR) is 104 cm³/mol. The largest absolute Gasteiger partial charge is 0.349 e. The molecule has 2 N–H and O–H groups in total. The lowest BCUT2D eigenvalue weighted by Gasteiger charge is -2.01. The molecule has 0 aliphatic heterocycles. The minimum atomic E-state index is -0.275. The molecule has 7 heteroatoms. The number of benzene rings is 2. The zero-order valence-corrected chi connectivity index (χ0v) is 14.8. The number of aromatic nitrogens is 2. The Bertz CT molecular complexity index is 1030. The Morgan fingerprint density at radius 2 is 1.85 bits per heavy atom. The monoisotopic (exact) mass is 361 g/mol. The van der Waals surface area contributed by atoms with Crippen LogP contribution in [0.15, 0.2) is 82.3 Å². The number of carbonyl (C=O) groups excluding carboxylic acids is 1. The summed E-state index contributed by atoms with van der Waals surface area (Å²) in [5.74, 6) is -0.189. The summed E-state index contributed by atoms with van der Waals surface area (Å²) in [6.45, 7) is 5.73. The van der Waals surface area contributed by atoms with Gasteiger partial charge in [-0.2, -0.15) is 5.11 Å². The van der Waals surface area contributed by atoms with Gasteiger partial charge in [-0.1, -0.05) is 24.3 Å². The van der Waals surface area contributed by atoms with Crippen LogP contribution in [0, 0.1) is 6.92 Å². The predicted octanol–water partition coefficient (Wildman–Crippen LogP) is 3.81. The normalized spacial score (nSPS) is 10.9. The Hall–Kier alpha value is -3.74. The number of aryl methyl sites for hydroxylation is 1. The molecule has 0 atom stereocenters. The van der Waals surface area contributed by atoms with E-state index >= 15 is 0 Å². The van der Waals surface area contributed by atoms with Gasteiger partial charge in [0.05, 0.1) is 17.1 Å². The van der Waals surface area contributed by atoms with Crippen LogP contribution in [0.3, 0.4) is 0 Å². The summed E-state index contributed by atoms with van der Waals surface area (Å²) in [5, 5.41) is 13.9. The smallest absolute Gasteiger partial charge is 0.299 e. The summed E-state index contributed by atoms with van der Waals surface area (Å²) in [4.78, 5) is 24.4. The van der Waals surface area contributed by atoms with E-state index in [0.29, 0.717) is 23.5 Å². The van der Waals surface area contributed by atoms with Crippen LogP contribution < -0.4 is 10.9 Å². The van der Waals surface area contributed by atoms with Crippen molar-refractivity contribution in [2.75, 3.05) is 6.54 Å². The Labute approximate surface area is 156 Å². The Balaban J connectivity index is 1.80. The van der Waals surface area contributed by atoms with Gasteiger partial charge >= 0.3 is 0 Å². The van der Waals surface area contributed by atoms with Crippen molar-refractivity contribution in [2.24, 2.45) is 10.2 Å². The number of para-hydroxylation sites is 1. The molecular formula is C20H19N5O2. The van der Waals surface area contributed by atoms with E-state index in [0.717, 1.165) is 5.69 Å². The summed E-state index contributed by atoms with van der Waals surface area (Å²) in [5.41, 5.74) is 2.37. The van der Waals surface area contributed by atoms with E-state index in [1.807, 2.05) is 30.3 Å². The molecule has 0 aliphatic carbocycles. The first-order chi connectivity index (χ1) is 13.1. The topological polar surface area (TPSA) is 91.6 Å². The van der Waals surface area contributed by atoms with Gasteiger partial charge in [0.1, 0.15) is 0 Å². The number of hydrogen-bond acceptors (Lipinski definition) is 4. The van der Waals surface area contributed by atoms with Gasteiger partial charge in [0, 0.05) is 12.1 Å². The molecule has 0 aliphatic rings. The quantitative estimate of drug-likeness (QED) is 0.516. The van der Waals surface area contributed by atoms with Crippen LogP contribution in [0.25, 0.3) is 5.69 Å². The van der Waals surface area contributed by atoms with Gasteiger partial charge in [-0.15, -0.1) is 11.7 Å². The molecule has 27 heavy (non-hydrogen) atoms. The van der Waals surface area contributed by atoms with E-state index in [-0.39, 0.29) is 17.2 Å². The Morgan fingerprint density at radius 1 is 1.15 bits per heavy atom. The van der Waals surface area contributed by atoms with Crippen molar-refractivity contribution in [1.29, 1.82) is 0 Å². The molecule has 1 heterocycles. The van der Waals surface area contributed by atoms with Crippen molar-refractivity contribution in [3.63, 3.8) is 0 Å². The number of azo groups is 1. The van der Waals surface area contributed by atoms with Gasteiger partial charge in [-0.25, -0.2) is 4.68 Å². The van der Waals surface area contributed by atoms with Crippen molar-refractivity contribution in [3.8, 4) is 5.69 Å². The highest BCUT2D eigenvalue weighted by Crippen LogP contribution is 2.19. The van der Waals surface area contributed by atoms with Crippen molar-refractivity contribution in [2.45, 2.75) is 6.92 Å². The zero-order chi connectivity index (χ0) is 19.2. The van der Waals surface area contributed by atoms with E-state index in [9.17, 15) is 9.59 Å². The fourth-order valence-corrected chi connectivity index (χ4v) is 2.47. The Kier molecular flexibility index (Phi) is 5.41. The fraction of sp³-hybridized carbons (Fsp3) is 0.100. The number of hydrogen-bond donors (Lipinski definition) is 2. The minimum absolute atomic E-state index is 0.189. The first-order valence-electron chi connectivity index (χ1n) is 8.38. The summed E-state index contributed by atoms with van der Waals surface area (Å²) in [6.07, 6.45) is 1.61. The molecule has 136 valence electrons. The third-order valence-corrected chi connectivity index (χ3v) is 3.86. The SMILES string of the molecule is C=CCNC(=O)c1ccc(/N=N/c2c(C)[nH]n(-c3ccccc3)c2=O)cc1. The zero-order valence-electron chi connectivity index (χ0n) is 14.8. The second kappa shape index (κ2) is 8.09. The maximum absolute atomic E-state index is 12.6. The third-order valence-electron chi connectivity index (χ3n) is 3.86. The van der Waals surface area contributed by atoms with Crippen LogP contribution in [0.5, 0.6) is 0 Å². The number of H-pyrrole nitrogens is 1. The molecule has 0 radical (unpaired) electrons. The van der Waals surface area contributed by atoms with Gasteiger partial charge in [0.2, 0.25) is 0 Å². The molecule has 0 saturated carbocycles. The van der Waals surface area contributed by atoms with Crippen molar-refractivity contribution >= 4 is 17.3 Å². The van der Waals surface area contributed by atoms with Gasteiger partial charge in [0.15, 0.2) is 5.69 Å². The molecule has 0 saturated heterocycles. The van der Waals surface area contributed by atoms with Gasteiger partial charge < -0.3 is 5.32 Å². The first-order valence-corrected chi connectivity index (χ1v) is 8.38. The number of aromatic amines is 1. The minimum Gasteiger partial charge on any atom is -0.349 e. The van der Waals surface area contributed by atoms with Crippen molar-refractivity contribution in [3.05, 3.63) is 88.9 Å². The molecule has 0 bridgehead atoms. The molecule has 3 rings (SSSR count). The summed E-state index contributed by atoms with van der Waals surface area (Å²) in [7, 11) is 0. The van der Waals surface area contributed by atoms with Crippen LogP contribution in [0.4, 0.5) is 11.4 Å². The van der Waals surface area contributed by atoms with Crippen molar-refractivity contribution < 1.29 is 4.79 Å². The number of nitrogens with zero attached hydrogens (tertiary/aromatic N) is 3. The van der Waals surface area contributed by atoms with E-state index in [4.69, 9.17) is 0 Å². The molecule has 3 aromatic rings. The maximum Gasteiger partial charge on any atom is 0.299 e. The van der Waals surface area contributed by atoms with Crippen LogP contribution in [-0.2, 0) is 0 Å². The van der Waals surface area contributed by atoms with Crippen LogP contribution >= 0.6 is 0 Å². The second-order valence-corrected chi connectivity index (χ2v) is 5.81. The highest BCUT2D eigenvalue weighted by molar-refractivity contribution is 5.94. The van der Waals surface area contributed by atoms with E-state index in [1.54, 1.807) is 37.3 Å². The van der Waals surface area contributed by atoms with Gasteiger partial charge in [-0.3, -0.25) is 14.7 Å². The fourth-order valence-electron chi connectivity index (χ4n) is 2.47. The third kappa shape index (κ3) is 4.09. The van der Waals surface area contributed by atoms with Crippen molar-refractivity contribution in [1.82, 2.24) is 15.1 Å². The average Bonchev–Trinajstić information content (AvgIpc) is 2.99. The van der Waals surface area contributed by atoms with E-state index in [1.165, 1.54) is 4.68 Å². The number of rotatable bonds is 6. The molecule has 1 amide bonds. The van der Waals surface area contributed by atoms with Crippen LogP contribution in [0.2, 0.25) is 0 Å². The van der Waals surface area contributed by atoms with Crippen LogP contribution in [0.1, 0.15) is 16.1 Å². The molecular weight excluding hydrogens is 342 g/mol. The molecule has 2 aromatic carbocycles. The average molecular weight is 361 g/mol. The molecule has 7 nitrogen and oxygen atoms in total. The summed E-state index contributed by atoms with van der Waals surface area (Å²) >= 11 is 0. The standard InChI is InChI=1S/C20H19N5O2/c1-3-13-21-19(26)15-9-11-16(12-10-15)22-23-18-14(2)24-25(20(18)27)17-7-5-4-6-8-17/h3-12,24H,1,13H2,2H3,(H,21,26)/b23-22+. The highest BCUT2D eigenvalue weighted by atomic mass is 16.1. The lowest BCUT2D eigenvalue weighted by molar-refractivity contribution is 0.0958. The molecule has 0 unspecified atom stereocenters. The van der Waals surface area contributed by atoms with E-state index < -0.39 is 0 Å². The number of nitrogens with one attached hydrogen (secondary N) is 2. The summed E-state index contributed by atoms with van der Waals surface area (Å²) < 4.78 is 1.43. The first kappa shape index (κ1) is 18.1. The van der Waals surface area contributed by atoms with Gasteiger partial charge in [0.25, 0.3) is 11.5 Å².